The number of phenols is 1. The van der Waals surface area contributed by atoms with Gasteiger partial charge in [0.2, 0.25) is 0 Å². The first-order chi connectivity index (χ1) is 15.0. The topological polar surface area (TPSA) is 76.4 Å². The minimum absolute atomic E-state index is 0.0653. The van der Waals surface area contributed by atoms with E-state index in [1.807, 2.05) is 35.9 Å². The molecule has 0 saturated heterocycles. The van der Waals surface area contributed by atoms with Gasteiger partial charge in [-0.1, -0.05) is 29.8 Å². The Morgan fingerprint density at radius 3 is 2.65 bits per heavy atom. The van der Waals surface area contributed by atoms with Crippen molar-refractivity contribution in [2.75, 3.05) is 12.4 Å². The van der Waals surface area contributed by atoms with Crippen molar-refractivity contribution in [3.05, 3.63) is 76.1 Å². The summed E-state index contributed by atoms with van der Waals surface area (Å²) in [4.78, 5) is 13.1. The first-order valence-electron chi connectivity index (χ1n) is 10.5. The quantitative estimate of drug-likeness (QED) is 0.645. The maximum Gasteiger partial charge on any atom is 0.161 e. The lowest BCUT2D eigenvalue weighted by Crippen LogP contribution is -2.27. The van der Waals surface area contributed by atoms with Gasteiger partial charge in [0.15, 0.2) is 17.3 Å². The van der Waals surface area contributed by atoms with Crippen LogP contribution < -0.4 is 10.1 Å². The normalized spacial score (nSPS) is 17.8. The molecule has 1 aliphatic heterocycles. The number of carbonyl (C=O) groups excluding carboxylic acids is 1. The standard InChI is InChI=1S/C25H25N3O3/c1-14-10-12-16(13-11-14)28-25-21(15(2)27-28)22(17-6-4-9-20(31-3)24(17)30)23-18(26-25)7-5-8-19(23)29/h4,6,9-13,22,26,30H,5,7-8H2,1-3H3/t22-/m1/s1. The van der Waals surface area contributed by atoms with E-state index in [-0.39, 0.29) is 11.5 Å². The molecule has 0 radical (unpaired) electrons. The van der Waals surface area contributed by atoms with Gasteiger partial charge in [-0.15, -0.1) is 0 Å². The molecule has 31 heavy (non-hydrogen) atoms. The van der Waals surface area contributed by atoms with Crippen LogP contribution in [-0.2, 0) is 4.79 Å². The molecule has 0 amide bonds. The first kappa shape index (κ1) is 19.4. The molecule has 2 aromatic carbocycles. The number of aromatic hydroxyl groups is 1. The predicted octanol–water partition coefficient (Wildman–Crippen LogP) is 4.77. The van der Waals surface area contributed by atoms with E-state index in [1.54, 1.807) is 6.07 Å². The molecule has 6 heteroatoms. The molecule has 2 N–H and O–H groups in total. The SMILES string of the molecule is COc1cccc([C@H]2C3=C(CCCC3=O)Nc3c2c(C)nn3-c2ccc(C)cc2)c1O. The zero-order valence-corrected chi connectivity index (χ0v) is 17.9. The van der Waals surface area contributed by atoms with Crippen LogP contribution in [0.3, 0.4) is 0 Å². The zero-order valence-electron chi connectivity index (χ0n) is 17.9. The van der Waals surface area contributed by atoms with Gasteiger partial charge in [-0.3, -0.25) is 4.79 Å². The van der Waals surface area contributed by atoms with E-state index in [2.05, 4.69) is 24.4 Å². The van der Waals surface area contributed by atoms with Crippen LogP contribution in [0.15, 0.2) is 53.7 Å². The van der Waals surface area contributed by atoms with Crippen LogP contribution in [0.4, 0.5) is 5.82 Å². The van der Waals surface area contributed by atoms with Gasteiger partial charge in [0, 0.05) is 34.7 Å². The number of nitrogens with one attached hydrogen (secondary N) is 1. The van der Waals surface area contributed by atoms with Crippen molar-refractivity contribution in [1.82, 2.24) is 9.78 Å². The van der Waals surface area contributed by atoms with Crippen LogP contribution in [0.25, 0.3) is 5.69 Å². The summed E-state index contributed by atoms with van der Waals surface area (Å²) in [6.45, 7) is 4.01. The number of methoxy groups -OCH3 is 1. The van der Waals surface area contributed by atoms with Gasteiger partial charge in [-0.2, -0.15) is 5.10 Å². The van der Waals surface area contributed by atoms with E-state index in [0.717, 1.165) is 46.9 Å². The van der Waals surface area contributed by atoms with Gasteiger partial charge >= 0.3 is 0 Å². The second kappa shape index (κ2) is 7.30. The molecule has 1 aromatic heterocycles. The van der Waals surface area contributed by atoms with Crippen LogP contribution in [0, 0.1) is 13.8 Å². The fraction of sp³-hybridized carbons (Fsp3) is 0.280. The van der Waals surface area contributed by atoms with Gasteiger partial charge < -0.3 is 15.2 Å². The molecule has 0 unspecified atom stereocenters. The average Bonchev–Trinajstić information content (AvgIpc) is 3.09. The van der Waals surface area contributed by atoms with E-state index >= 15 is 0 Å². The Morgan fingerprint density at radius 2 is 1.90 bits per heavy atom. The fourth-order valence-electron chi connectivity index (χ4n) is 4.74. The van der Waals surface area contributed by atoms with Gasteiger partial charge in [0.05, 0.1) is 18.5 Å². The highest BCUT2D eigenvalue weighted by atomic mass is 16.5. The third kappa shape index (κ3) is 3.02. The molecular weight excluding hydrogens is 390 g/mol. The summed E-state index contributed by atoms with van der Waals surface area (Å²) < 4.78 is 7.26. The number of ether oxygens (including phenoxy) is 1. The predicted molar refractivity (Wildman–Crippen MR) is 119 cm³/mol. The van der Waals surface area contributed by atoms with Crippen molar-refractivity contribution in [2.24, 2.45) is 0 Å². The van der Waals surface area contributed by atoms with E-state index in [4.69, 9.17) is 9.84 Å². The van der Waals surface area contributed by atoms with Crippen molar-refractivity contribution in [2.45, 2.75) is 39.0 Å². The lowest BCUT2D eigenvalue weighted by Gasteiger charge is -2.33. The molecule has 2 aliphatic rings. The number of phenolic OH excluding ortho intramolecular Hbond substituents is 1. The molecular formula is C25H25N3O3. The number of allylic oxidation sites excluding steroid dienone is 2. The fourth-order valence-corrected chi connectivity index (χ4v) is 4.74. The Morgan fingerprint density at radius 1 is 1.13 bits per heavy atom. The number of hydrogen-bond donors (Lipinski definition) is 2. The molecule has 0 spiro atoms. The van der Waals surface area contributed by atoms with E-state index in [9.17, 15) is 9.90 Å². The number of anilines is 1. The average molecular weight is 415 g/mol. The molecule has 3 aromatic rings. The van der Waals surface area contributed by atoms with Crippen molar-refractivity contribution in [3.8, 4) is 17.2 Å². The van der Waals surface area contributed by atoms with Gasteiger partial charge in [0.25, 0.3) is 0 Å². The summed E-state index contributed by atoms with van der Waals surface area (Å²) in [7, 11) is 1.53. The number of ketones is 1. The number of carbonyl (C=O) groups is 1. The van der Waals surface area contributed by atoms with Crippen LogP contribution in [0.5, 0.6) is 11.5 Å². The number of nitrogens with zero attached hydrogens (tertiary/aromatic N) is 2. The molecule has 6 nitrogen and oxygen atoms in total. The number of aromatic nitrogens is 2. The number of rotatable bonds is 3. The second-order valence-electron chi connectivity index (χ2n) is 8.22. The molecule has 1 atom stereocenters. The minimum atomic E-state index is -0.395. The smallest absolute Gasteiger partial charge is 0.161 e. The molecule has 0 fully saturated rings. The monoisotopic (exact) mass is 415 g/mol. The summed E-state index contributed by atoms with van der Waals surface area (Å²) in [6, 6.07) is 13.6. The summed E-state index contributed by atoms with van der Waals surface area (Å²) in [6.07, 6.45) is 2.12. The van der Waals surface area contributed by atoms with Gasteiger partial charge in [-0.05, 0) is 44.9 Å². The number of benzene rings is 2. The first-order valence-corrected chi connectivity index (χ1v) is 10.5. The summed E-state index contributed by atoms with van der Waals surface area (Å²) in [5, 5.41) is 19.3. The van der Waals surface area contributed by atoms with Gasteiger partial charge in [0.1, 0.15) is 5.82 Å². The van der Waals surface area contributed by atoms with Crippen LogP contribution in [-0.4, -0.2) is 27.8 Å². The lowest BCUT2D eigenvalue weighted by atomic mass is 9.75. The highest BCUT2D eigenvalue weighted by Gasteiger charge is 2.40. The number of hydrogen-bond acceptors (Lipinski definition) is 5. The van der Waals surface area contributed by atoms with Crippen LogP contribution >= 0.6 is 0 Å². The Kier molecular flexibility index (Phi) is 4.58. The third-order valence-electron chi connectivity index (χ3n) is 6.25. The zero-order chi connectivity index (χ0) is 21.7. The number of fused-ring (bicyclic) bond motifs is 1. The van der Waals surface area contributed by atoms with Crippen LogP contribution in [0.1, 0.15) is 47.6 Å². The van der Waals surface area contributed by atoms with Gasteiger partial charge in [-0.25, -0.2) is 4.68 Å². The molecule has 5 rings (SSSR count). The minimum Gasteiger partial charge on any atom is -0.504 e. The maximum atomic E-state index is 13.1. The highest BCUT2D eigenvalue weighted by molar-refractivity contribution is 6.01. The van der Waals surface area contributed by atoms with E-state index < -0.39 is 5.92 Å². The Hall–Kier alpha value is -3.54. The number of Topliss-reactive ketones (excluding diaryl/α,β-unsaturated/α-hetero) is 1. The second-order valence-corrected chi connectivity index (χ2v) is 8.22. The van der Waals surface area contributed by atoms with Crippen molar-refractivity contribution >= 4 is 11.6 Å². The summed E-state index contributed by atoms with van der Waals surface area (Å²) >= 11 is 0. The van der Waals surface area contributed by atoms with Crippen molar-refractivity contribution < 1.29 is 14.6 Å². The molecule has 2 heterocycles. The van der Waals surface area contributed by atoms with Crippen LogP contribution in [0.2, 0.25) is 0 Å². The molecule has 1 aliphatic carbocycles. The largest absolute Gasteiger partial charge is 0.504 e. The van der Waals surface area contributed by atoms with E-state index in [1.165, 1.54) is 12.7 Å². The maximum absolute atomic E-state index is 13.1. The summed E-state index contributed by atoms with van der Waals surface area (Å²) in [5.41, 5.74) is 6.17. The molecule has 0 saturated carbocycles. The van der Waals surface area contributed by atoms with Crippen molar-refractivity contribution in [3.63, 3.8) is 0 Å². The third-order valence-corrected chi connectivity index (χ3v) is 6.25. The Labute approximate surface area is 181 Å². The lowest BCUT2D eigenvalue weighted by molar-refractivity contribution is -0.116. The van der Waals surface area contributed by atoms with E-state index in [0.29, 0.717) is 17.7 Å². The number of aryl methyl sites for hydroxylation is 2. The Balaban J connectivity index is 1.77. The summed E-state index contributed by atoms with van der Waals surface area (Å²) in [5.74, 6) is 1.03. The molecule has 158 valence electrons. The highest BCUT2D eigenvalue weighted by Crippen LogP contribution is 2.50. The molecule has 0 bridgehead atoms. The Bertz CT molecular complexity index is 1220. The van der Waals surface area contributed by atoms with Crippen molar-refractivity contribution in [1.29, 1.82) is 0 Å². The number of para-hydroxylation sites is 1.